The molecule has 2 aromatic rings. The van der Waals surface area contributed by atoms with Crippen LogP contribution < -0.4 is 10.6 Å². The van der Waals surface area contributed by atoms with Gasteiger partial charge in [-0.3, -0.25) is 28.8 Å². The lowest BCUT2D eigenvalue weighted by Crippen LogP contribution is -2.51. The quantitative estimate of drug-likeness (QED) is 0.600. The Balaban J connectivity index is 1.23. The van der Waals surface area contributed by atoms with Gasteiger partial charge in [-0.15, -0.1) is 0 Å². The molecule has 5 rings (SSSR count). The van der Waals surface area contributed by atoms with E-state index in [1.54, 1.807) is 31.3 Å². The number of fused-ring (bicyclic) bond motifs is 1. The zero-order chi connectivity index (χ0) is 25.4. The standard InChI is InChI=1S/C26H30N6O4/c1-16-6-7-22(24(34)29-16)32-25(35)20-4-3-5-21(23(20)26(32)36)27-12-19-13-28-31(15-19)14-18-8-10-30(11-9-18)17(2)33/h3-5,13,15,18,22,27H,1,6-12,14H2,2H3,(H,29,34). The van der Waals surface area contributed by atoms with Crippen LogP contribution in [-0.4, -0.2) is 62.3 Å². The number of rotatable bonds is 6. The van der Waals surface area contributed by atoms with Crippen molar-refractivity contribution in [3.63, 3.8) is 0 Å². The molecule has 4 heterocycles. The third-order valence-electron chi connectivity index (χ3n) is 7.25. The maximum Gasteiger partial charge on any atom is 0.264 e. The van der Waals surface area contributed by atoms with Gasteiger partial charge in [-0.25, -0.2) is 0 Å². The highest BCUT2D eigenvalue weighted by Crippen LogP contribution is 2.33. The number of nitrogens with one attached hydrogen (secondary N) is 2. The van der Waals surface area contributed by atoms with Crippen LogP contribution in [0.15, 0.2) is 42.9 Å². The molecule has 1 atom stereocenters. The first kappa shape index (κ1) is 23.8. The van der Waals surface area contributed by atoms with Crippen LogP contribution in [0, 0.1) is 5.92 Å². The Bertz CT molecular complexity index is 1240. The van der Waals surface area contributed by atoms with E-state index < -0.39 is 17.9 Å². The lowest BCUT2D eigenvalue weighted by molar-refractivity contribution is -0.130. The molecule has 36 heavy (non-hydrogen) atoms. The summed E-state index contributed by atoms with van der Waals surface area (Å²) in [4.78, 5) is 53.3. The Morgan fingerprint density at radius 2 is 1.94 bits per heavy atom. The summed E-state index contributed by atoms with van der Waals surface area (Å²) in [5.74, 6) is -0.685. The highest BCUT2D eigenvalue weighted by atomic mass is 16.2. The fourth-order valence-electron chi connectivity index (χ4n) is 5.23. The predicted octanol–water partition coefficient (Wildman–Crippen LogP) is 2.14. The molecule has 4 amide bonds. The van der Waals surface area contributed by atoms with Crippen molar-refractivity contribution in [3.05, 3.63) is 59.6 Å². The summed E-state index contributed by atoms with van der Waals surface area (Å²) in [7, 11) is 0. The van der Waals surface area contributed by atoms with E-state index in [0.29, 0.717) is 47.8 Å². The van der Waals surface area contributed by atoms with Crippen molar-refractivity contribution in [3.8, 4) is 0 Å². The maximum atomic E-state index is 13.3. The molecule has 1 unspecified atom stereocenters. The summed E-state index contributed by atoms with van der Waals surface area (Å²) in [5.41, 5.74) is 2.70. The fraction of sp³-hybridized carbons (Fsp3) is 0.423. The first-order valence-corrected chi connectivity index (χ1v) is 12.3. The normalized spacial score (nSPS) is 20.5. The minimum absolute atomic E-state index is 0.129. The molecule has 2 fully saturated rings. The molecule has 188 valence electrons. The zero-order valence-electron chi connectivity index (χ0n) is 20.3. The molecular weight excluding hydrogens is 460 g/mol. The summed E-state index contributed by atoms with van der Waals surface area (Å²) in [5, 5.41) is 10.4. The first-order chi connectivity index (χ1) is 17.3. The third-order valence-corrected chi connectivity index (χ3v) is 7.25. The van der Waals surface area contributed by atoms with E-state index in [2.05, 4.69) is 22.3 Å². The van der Waals surface area contributed by atoms with E-state index in [4.69, 9.17) is 0 Å². The average Bonchev–Trinajstić information content (AvgIpc) is 3.40. The van der Waals surface area contributed by atoms with Crippen molar-refractivity contribution in [1.82, 2.24) is 24.9 Å². The number of aromatic nitrogens is 2. The van der Waals surface area contributed by atoms with E-state index in [0.717, 1.165) is 42.9 Å². The highest BCUT2D eigenvalue weighted by molar-refractivity contribution is 6.25. The van der Waals surface area contributed by atoms with Gasteiger partial charge in [-0.2, -0.15) is 5.10 Å². The Morgan fingerprint density at radius 1 is 1.17 bits per heavy atom. The number of hydrogen-bond acceptors (Lipinski definition) is 6. The number of benzene rings is 1. The lowest BCUT2D eigenvalue weighted by Gasteiger charge is -2.31. The van der Waals surface area contributed by atoms with Crippen LogP contribution in [0.5, 0.6) is 0 Å². The summed E-state index contributed by atoms with van der Waals surface area (Å²) >= 11 is 0. The summed E-state index contributed by atoms with van der Waals surface area (Å²) < 4.78 is 1.92. The van der Waals surface area contributed by atoms with Crippen molar-refractivity contribution < 1.29 is 19.2 Å². The molecule has 0 bridgehead atoms. The van der Waals surface area contributed by atoms with Gasteiger partial charge in [0.15, 0.2) is 0 Å². The molecule has 3 aliphatic rings. The van der Waals surface area contributed by atoms with E-state index in [9.17, 15) is 19.2 Å². The maximum absolute atomic E-state index is 13.3. The monoisotopic (exact) mass is 490 g/mol. The molecule has 1 aromatic carbocycles. The topological polar surface area (TPSA) is 117 Å². The highest BCUT2D eigenvalue weighted by Gasteiger charge is 2.45. The Labute approximate surface area is 209 Å². The second kappa shape index (κ2) is 9.60. The number of carbonyl (C=O) groups is 4. The minimum Gasteiger partial charge on any atom is -0.380 e. The van der Waals surface area contributed by atoms with Gasteiger partial charge in [0.2, 0.25) is 11.8 Å². The molecule has 0 saturated carbocycles. The molecular formula is C26H30N6O4. The first-order valence-electron chi connectivity index (χ1n) is 12.3. The second-order valence-corrected chi connectivity index (χ2v) is 9.73. The van der Waals surface area contributed by atoms with Crippen molar-refractivity contribution >= 4 is 29.3 Å². The van der Waals surface area contributed by atoms with Crippen molar-refractivity contribution in [2.24, 2.45) is 5.92 Å². The van der Waals surface area contributed by atoms with Crippen LogP contribution in [0.1, 0.15) is 58.9 Å². The van der Waals surface area contributed by atoms with E-state index in [-0.39, 0.29) is 11.8 Å². The molecule has 2 saturated heterocycles. The van der Waals surface area contributed by atoms with Gasteiger partial charge in [0.05, 0.1) is 17.3 Å². The number of allylic oxidation sites excluding steroid dienone is 1. The number of piperidine rings is 2. The molecule has 3 aliphatic heterocycles. The lowest BCUT2D eigenvalue weighted by atomic mass is 9.97. The van der Waals surface area contributed by atoms with Crippen LogP contribution in [-0.2, 0) is 22.7 Å². The number of nitrogens with zero attached hydrogens (tertiary/aromatic N) is 4. The van der Waals surface area contributed by atoms with Gasteiger partial charge in [-0.05, 0) is 43.7 Å². The van der Waals surface area contributed by atoms with Gasteiger partial charge in [-0.1, -0.05) is 12.6 Å². The van der Waals surface area contributed by atoms with Gasteiger partial charge >= 0.3 is 0 Å². The molecule has 0 radical (unpaired) electrons. The van der Waals surface area contributed by atoms with E-state index in [1.165, 1.54) is 0 Å². The van der Waals surface area contributed by atoms with E-state index >= 15 is 0 Å². The van der Waals surface area contributed by atoms with Crippen LogP contribution in [0.2, 0.25) is 0 Å². The Kier molecular flexibility index (Phi) is 6.34. The minimum atomic E-state index is -0.837. The SMILES string of the molecule is C=C1CCC(N2C(=O)c3cccc(NCc4cnn(CC5CCN(C(C)=O)CC5)c4)c3C2=O)C(=O)N1. The van der Waals surface area contributed by atoms with Gasteiger partial charge in [0, 0.05) is 56.2 Å². The number of hydrogen-bond donors (Lipinski definition) is 2. The molecule has 10 nitrogen and oxygen atoms in total. The second-order valence-electron chi connectivity index (χ2n) is 9.73. The molecule has 0 spiro atoms. The number of likely N-dealkylation sites (tertiary alicyclic amines) is 1. The number of amides is 4. The van der Waals surface area contributed by atoms with E-state index in [1.807, 2.05) is 15.8 Å². The third kappa shape index (κ3) is 4.50. The molecule has 1 aromatic heterocycles. The number of imide groups is 1. The Morgan fingerprint density at radius 3 is 2.67 bits per heavy atom. The summed E-state index contributed by atoms with van der Waals surface area (Å²) in [6.07, 6.45) is 6.58. The average molecular weight is 491 g/mol. The van der Waals surface area contributed by atoms with Gasteiger partial charge in [0.25, 0.3) is 11.8 Å². The van der Waals surface area contributed by atoms with Crippen LogP contribution in [0.3, 0.4) is 0 Å². The largest absolute Gasteiger partial charge is 0.380 e. The van der Waals surface area contributed by atoms with Gasteiger partial charge in [0.1, 0.15) is 6.04 Å². The summed E-state index contributed by atoms with van der Waals surface area (Å²) in [6.45, 7) is 8.18. The van der Waals surface area contributed by atoms with Crippen LogP contribution >= 0.6 is 0 Å². The smallest absolute Gasteiger partial charge is 0.264 e. The number of anilines is 1. The molecule has 10 heteroatoms. The molecule has 2 N–H and O–H groups in total. The fourth-order valence-corrected chi connectivity index (χ4v) is 5.23. The van der Waals surface area contributed by atoms with Crippen LogP contribution in [0.25, 0.3) is 0 Å². The van der Waals surface area contributed by atoms with Crippen molar-refractivity contribution in [1.29, 1.82) is 0 Å². The van der Waals surface area contributed by atoms with Crippen molar-refractivity contribution in [2.75, 3.05) is 18.4 Å². The zero-order valence-corrected chi connectivity index (χ0v) is 20.3. The predicted molar refractivity (Wildman–Crippen MR) is 132 cm³/mol. The van der Waals surface area contributed by atoms with Gasteiger partial charge < -0.3 is 15.5 Å². The Hall–Kier alpha value is -3.95. The summed E-state index contributed by atoms with van der Waals surface area (Å²) in [6, 6.07) is 4.28. The molecule has 0 aliphatic carbocycles. The van der Waals surface area contributed by atoms with Crippen molar-refractivity contribution in [2.45, 2.75) is 51.7 Å². The number of carbonyl (C=O) groups excluding carboxylic acids is 4. The van der Waals surface area contributed by atoms with Crippen LogP contribution in [0.4, 0.5) is 5.69 Å².